The predicted octanol–water partition coefficient (Wildman–Crippen LogP) is 1.58. The van der Waals surface area contributed by atoms with Crippen molar-refractivity contribution in [1.82, 2.24) is 4.90 Å². The van der Waals surface area contributed by atoms with Gasteiger partial charge in [0.2, 0.25) is 0 Å². The van der Waals surface area contributed by atoms with Crippen molar-refractivity contribution in [2.75, 3.05) is 39.6 Å². The lowest BCUT2D eigenvalue weighted by molar-refractivity contribution is -0.384. The Kier molecular flexibility index (Phi) is 4.71. The van der Waals surface area contributed by atoms with Gasteiger partial charge in [0.05, 0.1) is 18.1 Å². The summed E-state index contributed by atoms with van der Waals surface area (Å²) in [7, 11) is 5.42. The van der Waals surface area contributed by atoms with Crippen LogP contribution in [0.3, 0.4) is 0 Å². The number of nitro benzene ring substituents is 1. The van der Waals surface area contributed by atoms with E-state index in [1.807, 2.05) is 19.0 Å². The molecule has 1 rings (SSSR count). The zero-order valence-electron chi connectivity index (χ0n) is 10.3. The number of methoxy groups -OCH3 is 1. The SMILES string of the molecule is COc1cc(NCCN(C)C)cc([N+](=O)[O-])c1. The molecule has 0 saturated heterocycles. The molecule has 0 radical (unpaired) electrons. The molecule has 0 unspecified atom stereocenters. The highest BCUT2D eigenvalue weighted by Gasteiger charge is 2.09. The number of non-ortho nitro benzene ring substituents is 1. The summed E-state index contributed by atoms with van der Waals surface area (Å²) in [4.78, 5) is 12.3. The van der Waals surface area contributed by atoms with E-state index in [-0.39, 0.29) is 5.69 Å². The quantitative estimate of drug-likeness (QED) is 0.603. The van der Waals surface area contributed by atoms with E-state index in [1.54, 1.807) is 6.07 Å². The van der Waals surface area contributed by atoms with Gasteiger partial charge in [0.25, 0.3) is 5.69 Å². The first kappa shape index (κ1) is 13.2. The van der Waals surface area contributed by atoms with E-state index in [0.29, 0.717) is 11.4 Å². The highest BCUT2D eigenvalue weighted by atomic mass is 16.6. The average molecular weight is 239 g/mol. The fraction of sp³-hybridized carbons (Fsp3) is 0.455. The minimum atomic E-state index is -0.431. The monoisotopic (exact) mass is 239 g/mol. The van der Waals surface area contributed by atoms with Gasteiger partial charge in [0, 0.05) is 30.9 Å². The predicted molar refractivity (Wildman–Crippen MR) is 66.7 cm³/mol. The Bertz CT molecular complexity index is 394. The van der Waals surface area contributed by atoms with E-state index >= 15 is 0 Å². The van der Waals surface area contributed by atoms with Crippen LogP contribution in [0.15, 0.2) is 18.2 Å². The minimum absolute atomic E-state index is 0.0247. The number of benzene rings is 1. The minimum Gasteiger partial charge on any atom is -0.496 e. The topological polar surface area (TPSA) is 67.6 Å². The molecule has 0 amide bonds. The van der Waals surface area contributed by atoms with E-state index in [4.69, 9.17) is 4.74 Å². The summed E-state index contributed by atoms with van der Waals surface area (Å²) in [6.45, 7) is 1.57. The molecule has 6 nitrogen and oxygen atoms in total. The molecule has 0 aromatic heterocycles. The molecule has 1 aromatic carbocycles. The molecule has 0 bridgehead atoms. The number of hydrogen-bond donors (Lipinski definition) is 1. The Balaban J connectivity index is 2.76. The van der Waals surface area contributed by atoms with Crippen molar-refractivity contribution in [1.29, 1.82) is 0 Å². The van der Waals surface area contributed by atoms with Crippen LogP contribution in [0.1, 0.15) is 0 Å². The second-order valence-corrected chi connectivity index (χ2v) is 3.91. The zero-order chi connectivity index (χ0) is 12.8. The Morgan fingerprint density at radius 1 is 1.41 bits per heavy atom. The van der Waals surface area contributed by atoms with Crippen molar-refractivity contribution < 1.29 is 9.66 Å². The summed E-state index contributed by atoms with van der Waals surface area (Å²) in [5.74, 6) is 0.478. The number of likely N-dealkylation sites (N-methyl/N-ethyl adjacent to an activating group) is 1. The first-order chi connectivity index (χ1) is 8.02. The largest absolute Gasteiger partial charge is 0.496 e. The second-order valence-electron chi connectivity index (χ2n) is 3.91. The fourth-order valence-electron chi connectivity index (χ4n) is 1.33. The zero-order valence-corrected chi connectivity index (χ0v) is 10.3. The maximum Gasteiger partial charge on any atom is 0.275 e. The molecule has 0 aliphatic rings. The molecule has 0 aliphatic heterocycles. The molecular formula is C11H17N3O3. The Morgan fingerprint density at radius 3 is 2.65 bits per heavy atom. The van der Waals surface area contributed by atoms with Crippen molar-refractivity contribution in [3.63, 3.8) is 0 Å². The lowest BCUT2D eigenvalue weighted by Crippen LogP contribution is -2.20. The molecule has 0 heterocycles. The van der Waals surface area contributed by atoms with Crippen molar-refractivity contribution >= 4 is 11.4 Å². The third kappa shape index (κ3) is 4.28. The van der Waals surface area contributed by atoms with Crippen molar-refractivity contribution in [2.45, 2.75) is 0 Å². The van der Waals surface area contributed by atoms with E-state index in [2.05, 4.69) is 5.32 Å². The number of nitrogens with one attached hydrogen (secondary N) is 1. The van der Waals surface area contributed by atoms with Gasteiger partial charge >= 0.3 is 0 Å². The Morgan fingerprint density at radius 2 is 2.12 bits per heavy atom. The molecule has 17 heavy (non-hydrogen) atoms. The molecule has 94 valence electrons. The molecule has 0 aliphatic carbocycles. The summed E-state index contributed by atoms with van der Waals surface area (Å²) in [5.41, 5.74) is 0.717. The molecule has 0 spiro atoms. The van der Waals surface area contributed by atoms with Gasteiger partial charge in [-0.3, -0.25) is 10.1 Å². The number of nitrogens with zero attached hydrogens (tertiary/aromatic N) is 2. The van der Waals surface area contributed by atoms with Gasteiger partial charge < -0.3 is 15.0 Å². The van der Waals surface area contributed by atoms with E-state index in [0.717, 1.165) is 13.1 Å². The summed E-state index contributed by atoms with van der Waals surface area (Å²) >= 11 is 0. The average Bonchev–Trinajstić information content (AvgIpc) is 2.28. The Hall–Kier alpha value is -1.82. The van der Waals surface area contributed by atoms with Crippen molar-refractivity contribution in [3.05, 3.63) is 28.3 Å². The first-order valence-corrected chi connectivity index (χ1v) is 5.25. The summed E-state index contributed by atoms with van der Waals surface area (Å²) < 4.78 is 5.02. The van der Waals surface area contributed by atoms with Gasteiger partial charge in [0.1, 0.15) is 5.75 Å². The summed E-state index contributed by atoms with van der Waals surface area (Å²) in [6.07, 6.45) is 0. The molecule has 0 atom stereocenters. The molecule has 0 saturated carbocycles. The van der Waals surface area contributed by atoms with Crippen molar-refractivity contribution in [2.24, 2.45) is 0 Å². The number of hydrogen-bond acceptors (Lipinski definition) is 5. The smallest absolute Gasteiger partial charge is 0.275 e. The highest BCUT2D eigenvalue weighted by Crippen LogP contribution is 2.25. The van der Waals surface area contributed by atoms with Crippen molar-refractivity contribution in [3.8, 4) is 5.75 Å². The lowest BCUT2D eigenvalue weighted by Gasteiger charge is -2.12. The van der Waals surface area contributed by atoms with Gasteiger partial charge in [-0.05, 0) is 14.1 Å². The lowest BCUT2D eigenvalue weighted by atomic mass is 10.2. The Labute approximate surface area is 100 Å². The van der Waals surface area contributed by atoms with Gasteiger partial charge in [-0.1, -0.05) is 0 Å². The van der Waals surface area contributed by atoms with Gasteiger partial charge in [-0.2, -0.15) is 0 Å². The maximum atomic E-state index is 10.7. The summed E-state index contributed by atoms with van der Waals surface area (Å²) in [6, 6.07) is 4.64. The van der Waals surface area contributed by atoms with E-state index < -0.39 is 4.92 Å². The summed E-state index contributed by atoms with van der Waals surface area (Å²) in [5, 5.41) is 13.8. The second kappa shape index (κ2) is 6.05. The van der Waals surface area contributed by atoms with Crippen LogP contribution >= 0.6 is 0 Å². The normalized spacial score (nSPS) is 10.4. The third-order valence-corrected chi connectivity index (χ3v) is 2.23. The molecule has 0 fully saturated rings. The first-order valence-electron chi connectivity index (χ1n) is 5.25. The number of ether oxygens (including phenoxy) is 1. The molecular weight excluding hydrogens is 222 g/mol. The highest BCUT2D eigenvalue weighted by molar-refractivity contribution is 5.56. The van der Waals surface area contributed by atoms with Gasteiger partial charge in [-0.15, -0.1) is 0 Å². The van der Waals surface area contributed by atoms with Gasteiger partial charge in [-0.25, -0.2) is 0 Å². The van der Waals surface area contributed by atoms with Crippen LogP contribution in [-0.4, -0.2) is 44.1 Å². The number of anilines is 1. The fourth-order valence-corrected chi connectivity index (χ4v) is 1.33. The number of nitro groups is 1. The van der Waals surface area contributed by atoms with E-state index in [1.165, 1.54) is 19.2 Å². The molecule has 6 heteroatoms. The van der Waals surface area contributed by atoms with Crippen LogP contribution in [0, 0.1) is 10.1 Å². The molecule has 1 aromatic rings. The maximum absolute atomic E-state index is 10.7. The van der Waals surface area contributed by atoms with Gasteiger partial charge in [0.15, 0.2) is 0 Å². The van der Waals surface area contributed by atoms with Crippen LogP contribution in [0.2, 0.25) is 0 Å². The standard InChI is InChI=1S/C11H17N3O3/c1-13(2)5-4-12-9-6-10(14(15)16)8-11(7-9)17-3/h6-8,12H,4-5H2,1-3H3. The van der Waals surface area contributed by atoms with Crippen LogP contribution in [-0.2, 0) is 0 Å². The third-order valence-electron chi connectivity index (χ3n) is 2.23. The molecule has 1 N–H and O–H groups in total. The van der Waals surface area contributed by atoms with Crippen LogP contribution in [0.5, 0.6) is 5.75 Å². The van der Waals surface area contributed by atoms with E-state index in [9.17, 15) is 10.1 Å². The van der Waals surface area contributed by atoms with Crippen LogP contribution in [0.4, 0.5) is 11.4 Å². The van der Waals surface area contributed by atoms with Crippen LogP contribution in [0.25, 0.3) is 0 Å². The number of rotatable bonds is 6. The van der Waals surface area contributed by atoms with Crippen LogP contribution < -0.4 is 10.1 Å².